The normalized spacial score (nSPS) is 9.88. The first-order valence-electron chi connectivity index (χ1n) is 7.67. The molecule has 0 aliphatic heterocycles. The molecule has 0 fully saturated rings. The van der Waals surface area contributed by atoms with Gasteiger partial charge in [0, 0.05) is 11.4 Å². The van der Waals surface area contributed by atoms with E-state index in [4.69, 9.17) is 45.4 Å². The first-order valence-corrected chi connectivity index (χ1v) is 8.84. The third kappa shape index (κ3) is 6.19. The molecule has 0 heterocycles. The smallest absolute Gasteiger partial charge is 0.226 e. The SMILES string of the molecule is N#Cc1ccccc1NC(=S)NC(=O)CCCOc1ccc(Cl)cc1Cl. The van der Waals surface area contributed by atoms with Crippen molar-refractivity contribution >= 4 is 52.1 Å². The number of amides is 1. The predicted molar refractivity (Wildman–Crippen MR) is 107 cm³/mol. The predicted octanol–water partition coefficient (Wildman–Crippen LogP) is 4.54. The van der Waals surface area contributed by atoms with Gasteiger partial charge < -0.3 is 15.4 Å². The number of para-hydroxylation sites is 1. The number of ether oxygens (including phenoxy) is 1. The van der Waals surface area contributed by atoms with Gasteiger partial charge in [-0.3, -0.25) is 4.79 Å². The van der Waals surface area contributed by atoms with E-state index in [-0.39, 0.29) is 17.4 Å². The van der Waals surface area contributed by atoms with Gasteiger partial charge in [-0.2, -0.15) is 5.26 Å². The van der Waals surface area contributed by atoms with Crippen LogP contribution in [-0.4, -0.2) is 17.6 Å². The standard InChI is InChI=1S/C18H15Cl2N3O2S/c19-13-7-8-16(14(20)10-13)25-9-3-6-17(24)23-18(26)22-15-5-2-1-4-12(15)11-21/h1-2,4-5,7-8,10H,3,6,9H2,(H2,22,23,24,26). The molecule has 134 valence electrons. The topological polar surface area (TPSA) is 74.2 Å². The van der Waals surface area contributed by atoms with E-state index in [1.807, 2.05) is 6.07 Å². The van der Waals surface area contributed by atoms with Gasteiger partial charge in [0.1, 0.15) is 11.8 Å². The number of hydrogen-bond acceptors (Lipinski definition) is 4. The number of hydrogen-bond donors (Lipinski definition) is 2. The molecule has 2 N–H and O–H groups in total. The number of carbonyl (C=O) groups excluding carboxylic acids is 1. The Morgan fingerprint density at radius 2 is 2.00 bits per heavy atom. The van der Waals surface area contributed by atoms with Gasteiger partial charge in [-0.25, -0.2) is 0 Å². The van der Waals surface area contributed by atoms with Crippen LogP contribution in [0.4, 0.5) is 5.69 Å². The summed E-state index contributed by atoms with van der Waals surface area (Å²) in [6.07, 6.45) is 0.717. The molecule has 2 aromatic carbocycles. The summed E-state index contributed by atoms with van der Waals surface area (Å²) in [5, 5.41) is 15.5. The second kappa shape index (κ2) is 9.97. The number of halogens is 2. The molecule has 1 amide bonds. The van der Waals surface area contributed by atoms with Crippen LogP contribution in [0.1, 0.15) is 18.4 Å². The highest BCUT2D eigenvalue weighted by Crippen LogP contribution is 2.27. The average Bonchev–Trinajstić information content (AvgIpc) is 2.60. The number of carbonyl (C=O) groups is 1. The summed E-state index contributed by atoms with van der Waals surface area (Å²) < 4.78 is 5.52. The van der Waals surface area contributed by atoms with Gasteiger partial charge in [-0.05, 0) is 49.0 Å². The van der Waals surface area contributed by atoms with Crippen molar-refractivity contribution in [2.24, 2.45) is 0 Å². The molecule has 0 aliphatic rings. The number of benzene rings is 2. The molecule has 8 heteroatoms. The fraction of sp³-hybridized carbons (Fsp3) is 0.167. The molecule has 0 bridgehead atoms. The Balaban J connectivity index is 1.73. The zero-order chi connectivity index (χ0) is 18.9. The summed E-state index contributed by atoms with van der Waals surface area (Å²) in [5.74, 6) is 0.268. The molecule has 0 atom stereocenters. The van der Waals surface area contributed by atoms with E-state index in [0.717, 1.165) is 0 Å². The van der Waals surface area contributed by atoms with Gasteiger partial charge >= 0.3 is 0 Å². The summed E-state index contributed by atoms with van der Waals surface area (Å²) in [5.41, 5.74) is 0.985. The maximum absolute atomic E-state index is 11.9. The first-order chi connectivity index (χ1) is 12.5. The van der Waals surface area contributed by atoms with Crippen LogP contribution >= 0.6 is 35.4 Å². The molecule has 0 saturated heterocycles. The summed E-state index contributed by atoms with van der Waals surface area (Å²) in [6, 6.07) is 13.9. The summed E-state index contributed by atoms with van der Waals surface area (Å²) in [7, 11) is 0. The fourth-order valence-corrected chi connectivity index (χ4v) is 2.73. The zero-order valence-corrected chi connectivity index (χ0v) is 15.9. The lowest BCUT2D eigenvalue weighted by Crippen LogP contribution is -2.34. The molecule has 2 aromatic rings. The van der Waals surface area contributed by atoms with Crippen molar-refractivity contribution in [3.05, 3.63) is 58.1 Å². The Labute approximate surface area is 166 Å². The van der Waals surface area contributed by atoms with E-state index < -0.39 is 0 Å². The number of rotatable bonds is 6. The molecular weight excluding hydrogens is 393 g/mol. The highest BCUT2D eigenvalue weighted by atomic mass is 35.5. The lowest BCUT2D eigenvalue weighted by Gasteiger charge is -2.11. The van der Waals surface area contributed by atoms with E-state index in [1.54, 1.807) is 42.5 Å². The number of nitrogens with one attached hydrogen (secondary N) is 2. The molecule has 2 rings (SSSR count). The lowest BCUT2D eigenvalue weighted by molar-refractivity contribution is -0.119. The third-order valence-corrected chi connectivity index (χ3v) is 3.98. The van der Waals surface area contributed by atoms with Crippen LogP contribution in [0.2, 0.25) is 10.0 Å². The minimum Gasteiger partial charge on any atom is -0.492 e. The van der Waals surface area contributed by atoms with Crippen molar-refractivity contribution < 1.29 is 9.53 Å². The Morgan fingerprint density at radius 3 is 2.73 bits per heavy atom. The molecule has 0 radical (unpaired) electrons. The molecule has 0 spiro atoms. The molecule has 0 aromatic heterocycles. The van der Waals surface area contributed by atoms with Crippen LogP contribution in [-0.2, 0) is 4.79 Å². The fourth-order valence-electron chi connectivity index (χ4n) is 2.04. The van der Waals surface area contributed by atoms with Crippen LogP contribution < -0.4 is 15.4 Å². The molecule has 0 saturated carbocycles. The van der Waals surface area contributed by atoms with Crippen LogP contribution in [0, 0.1) is 11.3 Å². The minimum atomic E-state index is -0.247. The maximum Gasteiger partial charge on any atom is 0.226 e. The maximum atomic E-state index is 11.9. The Bertz CT molecular complexity index is 853. The summed E-state index contributed by atoms with van der Waals surface area (Å²) >= 11 is 16.9. The van der Waals surface area contributed by atoms with Crippen molar-refractivity contribution in [1.29, 1.82) is 5.26 Å². The molecule has 5 nitrogen and oxygen atoms in total. The van der Waals surface area contributed by atoms with Crippen molar-refractivity contribution in [3.8, 4) is 11.8 Å². The van der Waals surface area contributed by atoms with Crippen LogP contribution in [0.15, 0.2) is 42.5 Å². The average molecular weight is 408 g/mol. The Hall–Kier alpha value is -2.33. The van der Waals surface area contributed by atoms with Crippen molar-refractivity contribution in [2.75, 3.05) is 11.9 Å². The van der Waals surface area contributed by atoms with Crippen molar-refractivity contribution in [3.63, 3.8) is 0 Å². The molecule has 0 unspecified atom stereocenters. The van der Waals surface area contributed by atoms with E-state index >= 15 is 0 Å². The van der Waals surface area contributed by atoms with Crippen LogP contribution in [0.3, 0.4) is 0 Å². The van der Waals surface area contributed by atoms with Gasteiger partial charge in [-0.15, -0.1) is 0 Å². The summed E-state index contributed by atoms with van der Waals surface area (Å²) in [4.78, 5) is 11.9. The van der Waals surface area contributed by atoms with Crippen LogP contribution in [0.25, 0.3) is 0 Å². The summed E-state index contributed by atoms with van der Waals surface area (Å²) in [6.45, 7) is 0.326. The number of anilines is 1. The van der Waals surface area contributed by atoms with Crippen molar-refractivity contribution in [1.82, 2.24) is 5.32 Å². The van der Waals surface area contributed by atoms with E-state index in [2.05, 4.69) is 10.6 Å². The molecule has 26 heavy (non-hydrogen) atoms. The highest BCUT2D eigenvalue weighted by molar-refractivity contribution is 7.80. The molecular formula is C18H15Cl2N3O2S. The minimum absolute atomic E-state index is 0.138. The number of nitriles is 1. The van der Waals surface area contributed by atoms with E-state index in [9.17, 15) is 4.79 Å². The zero-order valence-electron chi connectivity index (χ0n) is 13.6. The Morgan fingerprint density at radius 1 is 1.23 bits per heavy atom. The first kappa shape index (κ1) is 20.0. The monoisotopic (exact) mass is 407 g/mol. The van der Waals surface area contributed by atoms with Gasteiger partial charge in [0.2, 0.25) is 5.91 Å². The van der Waals surface area contributed by atoms with Crippen molar-refractivity contribution in [2.45, 2.75) is 12.8 Å². The van der Waals surface area contributed by atoms with Crippen LogP contribution in [0.5, 0.6) is 5.75 Å². The second-order valence-corrected chi connectivity index (χ2v) is 6.44. The molecule has 0 aliphatic carbocycles. The van der Waals surface area contributed by atoms with Gasteiger partial charge in [0.05, 0.1) is 22.9 Å². The van der Waals surface area contributed by atoms with E-state index in [1.165, 1.54) is 0 Å². The second-order valence-electron chi connectivity index (χ2n) is 5.19. The highest BCUT2D eigenvalue weighted by Gasteiger charge is 2.08. The Kier molecular flexibility index (Phi) is 7.67. The van der Waals surface area contributed by atoms with Gasteiger partial charge in [0.25, 0.3) is 0 Å². The lowest BCUT2D eigenvalue weighted by atomic mass is 10.2. The van der Waals surface area contributed by atoms with E-state index in [0.29, 0.717) is 40.1 Å². The number of nitrogens with zero attached hydrogens (tertiary/aromatic N) is 1. The largest absolute Gasteiger partial charge is 0.492 e. The van der Waals surface area contributed by atoms with Gasteiger partial charge in [-0.1, -0.05) is 35.3 Å². The number of thiocarbonyl (C=S) groups is 1. The third-order valence-electron chi connectivity index (χ3n) is 3.25. The quantitative estimate of drug-likeness (QED) is 0.543. The van der Waals surface area contributed by atoms with Gasteiger partial charge in [0.15, 0.2) is 5.11 Å².